The van der Waals surface area contributed by atoms with E-state index in [0.717, 1.165) is 11.3 Å². The largest absolute Gasteiger partial charge is 0.494 e. The second kappa shape index (κ2) is 7.32. The van der Waals surface area contributed by atoms with Crippen molar-refractivity contribution in [1.82, 2.24) is 15.2 Å². The fraction of sp³-hybridized carbons (Fsp3) is 0.111. The number of carbonyl (C=O) groups excluding carboxylic acids is 1. The maximum Gasteiger partial charge on any atom is 0.346 e. The van der Waals surface area contributed by atoms with Crippen LogP contribution in [0.4, 0.5) is 0 Å². The van der Waals surface area contributed by atoms with Gasteiger partial charge in [0.05, 0.1) is 17.9 Å². The van der Waals surface area contributed by atoms with Crippen LogP contribution in [0.15, 0.2) is 60.9 Å². The number of esters is 1. The third-order valence-corrected chi connectivity index (χ3v) is 3.20. The Morgan fingerprint density at radius 1 is 1.04 bits per heavy atom. The van der Waals surface area contributed by atoms with E-state index in [2.05, 4.69) is 15.2 Å². The van der Waals surface area contributed by atoms with Crippen molar-refractivity contribution < 1.29 is 14.3 Å². The molecule has 3 aromatic rings. The van der Waals surface area contributed by atoms with Crippen LogP contribution >= 0.6 is 0 Å². The summed E-state index contributed by atoms with van der Waals surface area (Å²) in [6.07, 6.45) is 3.02. The minimum atomic E-state index is -0.522. The number of hydrogen-bond acceptors (Lipinski definition) is 6. The predicted octanol–water partition coefficient (Wildman–Crippen LogP) is 3.16. The Morgan fingerprint density at radius 2 is 1.88 bits per heavy atom. The first-order valence-corrected chi connectivity index (χ1v) is 7.45. The highest BCUT2D eigenvalue weighted by atomic mass is 16.5. The topological polar surface area (TPSA) is 74.2 Å². The van der Waals surface area contributed by atoms with Crippen molar-refractivity contribution >= 4 is 5.97 Å². The first kappa shape index (κ1) is 15.6. The van der Waals surface area contributed by atoms with Crippen molar-refractivity contribution in [2.75, 3.05) is 6.61 Å². The highest BCUT2D eigenvalue weighted by Crippen LogP contribution is 2.21. The molecule has 3 rings (SSSR count). The van der Waals surface area contributed by atoms with Crippen LogP contribution in [0.1, 0.15) is 17.3 Å². The van der Waals surface area contributed by atoms with Gasteiger partial charge in [-0.3, -0.25) is 4.98 Å². The molecule has 0 atom stereocenters. The molecule has 1 aromatic carbocycles. The maximum absolute atomic E-state index is 11.9. The van der Waals surface area contributed by atoms with E-state index in [4.69, 9.17) is 9.47 Å². The molecule has 0 aliphatic rings. The zero-order valence-corrected chi connectivity index (χ0v) is 13.0. The third-order valence-electron chi connectivity index (χ3n) is 3.20. The average molecular weight is 321 g/mol. The van der Waals surface area contributed by atoms with Gasteiger partial charge in [0.15, 0.2) is 0 Å². The first-order valence-electron chi connectivity index (χ1n) is 7.45. The van der Waals surface area contributed by atoms with Gasteiger partial charge in [-0.15, -0.1) is 10.2 Å². The summed E-state index contributed by atoms with van der Waals surface area (Å²) in [6.45, 7) is 2.56. The summed E-state index contributed by atoms with van der Waals surface area (Å²) in [5.41, 5.74) is 1.94. The Kier molecular flexibility index (Phi) is 4.76. The molecule has 6 nitrogen and oxygen atoms in total. The molecule has 0 saturated heterocycles. The number of ether oxygens (including phenoxy) is 2. The summed E-state index contributed by atoms with van der Waals surface area (Å²) in [5.74, 6) is 0.418. The number of nitrogens with zero attached hydrogens (tertiary/aromatic N) is 3. The van der Waals surface area contributed by atoms with Crippen molar-refractivity contribution in [3.63, 3.8) is 0 Å². The van der Waals surface area contributed by atoms with Crippen molar-refractivity contribution in [2.45, 2.75) is 6.92 Å². The minimum absolute atomic E-state index is 0.138. The number of aromatic nitrogens is 3. The standard InChI is InChI=1S/C18H15N3O3/c1-2-23-15-7-5-13(6-8-15)16-9-10-17(21-20-16)24-18(22)14-4-3-11-19-12-14/h3-12H,2H2,1H3. The maximum atomic E-state index is 11.9. The lowest BCUT2D eigenvalue weighted by Gasteiger charge is -2.05. The molecule has 0 radical (unpaired) electrons. The van der Waals surface area contributed by atoms with Gasteiger partial charge in [-0.05, 0) is 49.4 Å². The summed E-state index contributed by atoms with van der Waals surface area (Å²) >= 11 is 0. The summed E-state index contributed by atoms with van der Waals surface area (Å²) < 4.78 is 10.6. The van der Waals surface area contributed by atoms with Crippen molar-refractivity contribution in [3.8, 4) is 22.9 Å². The molecule has 0 aliphatic carbocycles. The predicted molar refractivity (Wildman–Crippen MR) is 87.8 cm³/mol. The number of hydrogen-bond donors (Lipinski definition) is 0. The molecule has 2 heterocycles. The van der Waals surface area contributed by atoms with Crippen molar-refractivity contribution in [2.24, 2.45) is 0 Å². The van der Waals surface area contributed by atoms with Crippen LogP contribution in [-0.2, 0) is 0 Å². The number of benzene rings is 1. The lowest BCUT2D eigenvalue weighted by molar-refractivity contribution is 0.0725. The quantitative estimate of drug-likeness (QED) is 0.672. The molecule has 2 aromatic heterocycles. The summed E-state index contributed by atoms with van der Waals surface area (Å²) in [4.78, 5) is 15.8. The van der Waals surface area contributed by atoms with Crippen LogP contribution in [0.5, 0.6) is 11.6 Å². The van der Waals surface area contributed by atoms with E-state index in [0.29, 0.717) is 17.9 Å². The van der Waals surface area contributed by atoms with Gasteiger partial charge in [-0.1, -0.05) is 0 Å². The molecule has 0 fully saturated rings. The second-order valence-corrected chi connectivity index (χ2v) is 4.85. The summed E-state index contributed by atoms with van der Waals surface area (Å²) in [5, 5.41) is 8.02. The number of carbonyl (C=O) groups is 1. The van der Waals surface area contributed by atoms with E-state index in [-0.39, 0.29) is 5.88 Å². The lowest BCUT2D eigenvalue weighted by atomic mass is 10.1. The van der Waals surface area contributed by atoms with Gasteiger partial charge in [0.2, 0.25) is 5.88 Å². The van der Waals surface area contributed by atoms with E-state index in [1.165, 1.54) is 6.20 Å². The molecule has 0 saturated carbocycles. The van der Waals surface area contributed by atoms with Gasteiger partial charge >= 0.3 is 5.97 Å². The Hall–Kier alpha value is -3.28. The third kappa shape index (κ3) is 3.73. The molecule has 120 valence electrons. The van der Waals surface area contributed by atoms with Crippen LogP contribution in [0.25, 0.3) is 11.3 Å². The monoisotopic (exact) mass is 321 g/mol. The van der Waals surface area contributed by atoms with Crippen molar-refractivity contribution in [3.05, 3.63) is 66.5 Å². The number of rotatable bonds is 5. The minimum Gasteiger partial charge on any atom is -0.494 e. The fourth-order valence-electron chi connectivity index (χ4n) is 2.05. The molecule has 0 unspecified atom stereocenters. The van der Waals surface area contributed by atoms with Gasteiger partial charge in [0, 0.05) is 24.0 Å². The van der Waals surface area contributed by atoms with Gasteiger partial charge in [-0.2, -0.15) is 0 Å². The lowest BCUT2D eigenvalue weighted by Crippen LogP contribution is -2.10. The molecule has 0 amide bonds. The molecular weight excluding hydrogens is 306 g/mol. The van der Waals surface area contributed by atoms with E-state index in [9.17, 15) is 4.79 Å². The van der Waals surface area contributed by atoms with Crippen molar-refractivity contribution in [1.29, 1.82) is 0 Å². The highest BCUT2D eigenvalue weighted by molar-refractivity contribution is 5.90. The van der Waals surface area contributed by atoms with Crippen LogP contribution in [0.2, 0.25) is 0 Å². The van der Waals surface area contributed by atoms with Gasteiger partial charge in [0.1, 0.15) is 5.75 Å². The van der Waals surface area contributed by atoms with E-state index < -0.39 is 5.97 Å². The molecule has 6 heteroatoms. The van der Waals surface area contributed by atoms with Gasteiger partial charge in [0.25, 0.3) is 0 Å². The van der Waals surface area contributed by atoms with E-state index in [1.807, 2.05) is 31.2 Å². The van der Waals surface area contributed by atoms with Crippen LogP contribution < -0.4 is 9.47 Å². The number of pyridine rings is 1. The fourth-order valence-corrected chi connectivity index (χ4v) is 2.05. The van der Waals surface area contributed by atoms with E-state index >= 15 is 0 Å². The molecule has 0 aliphatic heterocycles. The Bertz CT molecular complexity index is 803. The Balaban J connectivity index is 1.70. The molecule has 0 N–H and O–H groups in total. The molecule has 24 heavy (non-hydrogen) atoms. The average Bonchev–Trinajstić information content (AvgIpc) is 2.64. The molecular formula is C18H15N3O3. The zero-order chi connectivity index (χ0) is 16.8. The van der Waals surface area contributed by atoms with Gasteiger partial charge < -0.3 is 9.47 Å². The molecule has 0 spiro atoms. The molecule has 0 bridgehead atoms. The van der Waals surface area contributed by atoms with E-state index in [1.54, 1.807) is 30.5 Å². The summed E-state index contributed by atoms with van der Waals surface area (Å²) in [6, 6.07) is 14.2. The van der Waals surface area contributed by atoms with Crippen LogP contribution in [0, 0.1) is 0 Å². The van der Waals surface area contributed by atoms with Crippen LogP contribution in [0.3, 0.4) is 0 Å². The van der Waals surface area contributed by atoms with Gasteiger partial charge in [-0.25, -0.2) is 4.79 Å². The normalized spacial score (nSPS) is 10.2. The van der Waals surface area contributed by atoms with Crippen LogP contribution in [-0.4, -0.2) is 27.8 Å². The Morgan fingerprint density at radius 3 is 2.50 bits per heavy atom. The first-order chi connectivity index (χ1) is 11.8. The summed E-state index contributed by atoms with van der Waals surface area (Å²) in [7, 11) is 0. The highest BCUT2D eigenvalue weighted by Gasteiger charge is 2.10. The SMILES string of the molecule is CCOc1ccc(-c2ccc(OC(=O)c3cccnc3)nn2)cc1. The second-order valence-electron chi connectivity index (χ2n) is 4.85. The Labute approximate surface area is 139 Å². The smallest absolute Gasteiger partial charge is 0.346 e. The zero-order valence-electron chi connectivity index (χ0n) is 13.0.